The number of benzene rings is 1. The van der Waals surface area contributed by atoms with Crippen molar-refractivity contribution < 1.29 is 14.2 Å². The molecule has 90 valence electrons. The molecule has 0 spiro atoms. The van der Waals surface area contributed by atoms with Gasteiger partial charge < -0.3 is 19.2 Å². The molecule has 1 N–H and O–H groups in total. The lowest BCUT2D eigenvalue weighted by Crippen LogP contribution is -2.05. The molecule has 2 rings (SSSR count). The number of hydrogen-bond acceptors (Lipinski definition) is 4. The maximum atomic E-state index is 11.4. The number of ether oxygens (including phenoxy) is 3. The zero-order valence-corrected chi connectivity index (χ0v) is 9.87. The van der Waals surface area contributed by atoms with Crippen molar-refractivity contribution in [3.05, 3.63) is 28.6 Å². The van der Waals surface area contributed by atoms with Gasteiger partial charge in [0, 0.05) is 17.5 Å². The summed E-state index contributed by atoms with van der Waals surface area (Å²) >= 11 is 0. The maximum Gasteiger partial charge on any atom is 0.252 e. The molecule has 5 heteroatoms. The van der Waals surface area contributed by atoms with Gasteiger partial charge in [-0.15, -0.1) is 0 Å². The monoisotopic (exact) mass is 235 g/mol. The third kappa shape index (κ3) is 1.91. The molecule has 1 heterocycles. The summed E-state index contributed by atoms with van der Waals surface area (Å²) in [7, 11) is 4.62. The number of fused-ring (bicyclic) bond motifs is 1. The zero-order valence-electron chi connectivity index (χ0n) is 9.87. The minimum absolute atomic E-state index is 0.221. The Labute approximate surface area is 97.9 Å². The van der Waals surface area contributed by atoms with Gasteiger partial charge in [0.25, 0.3) is 5.56 Å². The van der Waals surface area contributed by atoms with Crippen molar-refractivity contribution in [3.8, 4) is 17.2 Å². The number of hydrogen-bond donors (Lipinski definition) is 1. The number of aromatic nitrogens is 1. The minimum atomic E-state index is -0.221. The van der Waals surface area contributed by atoms with E-state index in [0.717, 1.165) is 5.39 Å². The molecule has 0 aliphatic heterocycles. The van der Waals surface area contributed by atoms with Gasteiger partial charge in [0.1, 0.15) is 5.75 Å². The normalized spacial score (nSPS) is 10.3. The van der Waals surface area contributed by atoms with Crippen molar-refractivity contribution in [2.75, 3.05) is 21.3 Å². The van der Waals surface area contributed by atoms with Crippen molar-refractivity contribution >= 4 is 10.9 Å². The Balaban J connectivity index is 2.82. The summed E-state index contributed by atoms with van der Waals surface area (Å²) in [4.78, 5) is 14.1. The van der Waals surface area contributed by atoms with Crippen LogP contribution in [0, 0.1) is 0 Å². The Morgan fingerprint density at radius 1 is 0.882 bits per heavy atom. The number of aromatic amines is 1. The van der Waals surface area contributed by atoms with Crippen LogP contribution in [-0.4, -0.2) is 26.3 Å². The van der Waals surface area contributed by atoms with Gasteiger partial charge in [0.15, 0.2) is 11.5 Å². The molecule has 0 fully saturated rings. The third-order valence-corrected chi connectivity index (χ3v) is 2.53. The second kappa shape index (κ2) is 4.37. The molecular formula is C12H13NO4. The Morgan fingerprint density at radius 3 is 2.06 bits per heavy atom. The number of H-pyrrole nitrogens is 1. The van der Waals surface area contributed by atoms with Crippen LogP contribution in [0.4, 0.5) is 0 Å². The first-order chi connectivity index (χ1) is 8.19. The van der Waals surface area contributed by atoms with E-state index in [9.17, 15) is 4.79 Å². The lowest BCUT2D eigenvalue weighted by atomic mass is 10.2. The fourth-order valence-electron chi connectivity index (χ4n) is 1.72. The predicted molar refractivity (Wildman–Crippen MR) is 64.2 cm³/mol. The second-order valence-electron chi connectivity index (χ2n) is 3.45. The molecule has 0 atom stereocenters. The van der Waals surface area contributed by atoms with E-state index in [2.05, 4.69) is 4.98 Å². The Morgan fingerprint density at radius 2 is 1.47 bits per heavy atom. The average Bonchev–Trinajstić information content (AvgIpc) is 2.35. The van der Waals surface area contributed by atoms with E-state index >= 15 is 0 Å². The number of pyridine rings is 1. The van der Waals surface area contributed by atoms with Gasteiger partial charge in [0.2, 0.25) is 0 Å². The van der Waals surface area contributed by atoms with E-state index < -0.39 is 0 Å². The van der Waals surface area contributed by atoms with E-state index in [4.69, 9.17) is 14.2 Å². The molecule has 0 bridgehead atoms. The van der Waals surface area contributed by atoms with Crippen LogP contribution in [0.2, 0.25) is 0 Å². The van der Waals surface area contributed by atoms with E-state index in [1.165, 1.54) is 13.2 Å². The molecule has 0 saturated carbocycles. The first kappa shape index (κ1) is 11.3. The highest BCUT2D eigenvalue weighted by Crippen LogP contribution is 2.34. The highest BCUT2D eigenvalue weighted by atomic mass is 16.5. The fraction of sp³-hybridized carbons (Fsp3) is 0.250. The summed E-state index contributed by atoms with van der Waals surface area (Å²) < 4.78 is 15.5. The van der Waals surface area contributed by atoms with Crippen LogP contribution in [-0.2, 0) is 0 Å². The van der Waals surface area contributed by atoms with Gasteiger partial charge in [-0.05, 0) is 6.07 Å². The van der Waals surface area contributed by atoms with Crippen LogP contribution in [0.1, 0.15) is 0 Å². The molecule has 0 amide bonds. The average molecular weight is 235 g/mol. The van der Waals surface area contributed by atoms with Gasteiger partial charge in [-0.2, -0.15) is 0 Å². The van der Waals surface area contributed by atoms with Crippen molar-refractivity contribution in [2.45, 2.75) is 0 Å². The van der Waals surface area contributed by atoms with Crippen LogP contribution < -0.4 is 19.8 Å². The molecule has 5 nitrogen and oxygen atoms in total. The summed E-state index contributed by atoms with van der Waals surface area (Å²) in [6.45, 7) is 0. The van der Waals surface area contributed by atoms with E-state index in [1.54, 1.807) is 26.4 Å². The van der Waals surface area contributed by atoms with Crippen LogP contribution in [0.5, 0.6) is 17.2 Å². The molecule has 0 aliphatic rings. The zero-order chi connectivity index (χ0) is 12.4. The van der Waals surface area contributed by atoms with Crippen LogP contribution in [0.3, 0.4) is 0 Å². The number of methoxy groups -OCH3 is 3. The third-order valence-electron chi connectivity index (χ3n) is 2.53. The summed E-state index contributed by atoms with van der Waals surface area (Å²) in [5, 5.41) is 0.768. The highest BCUT2D eigenvalue weighted by Gasteiger charge is 2.10. The first-order valence-corrected chi connectivity index (χ1v) is 5.02. The fourth-order valence-corrected chi connectivity index (χ4v) is 1.72. The number of nitrogens with one attached hydrogen (secondary N) is 1. The molecule has 0 unspecified atom stereocenters. The van der Waals surface area contributed by atoms with E-state index in [-0.39, 0.29) is 5.56 Å². The Bertz CT molecular complexity index is 603. The van der Waals surface area contributed by atoms with Crippen molar-refractivity contribution in [2.24, 2.45) is 0 Å². The van der Waals surface area contributed by atoms with Crippen molar-refractivity contribution in [3.63, 3.8) is 0 Å². The molecule has 0 radical (unpaired) electrons. The van der Waals surface area contributed by atoms with Gasteiger partial charge in [-0.1, -0.05) is 0 Å². The molecule has 1 aromatic heterocycles. The topological polar surface area (TPSA) is 60.6 Å². The molecule has 0 saturated heterocycles. The summed E-state index contributed by atoms with van der Waals surface area (Å²) in [6, 6.07) is 4.87. The maximum absolute atomic E-state index is 11.4. The Hall–Kier alpha value is -2.17. The van der Waals surface area contributed by atoms with E-state index in [0.29, 0.717) is 22.8 Å². The SMILES string of the molecule is COc1cc2[nH]c(=O)cc(OC)c2cc1OC. The molecule has 2 aromatic rings. The van der Waals surface area contributed by atoms with Crippen LogP contribution in [0.15, 0.2) is 23.0 Å². The summed E-state index contributed by atoms with van der Waals surface area (Å²) in [5.41, 5.74) is 0.425. The van der Waals surface area contributed by atoms with Gasteiger partial charge >= 0.3 is 0 Å². The van der Waals surface area contributed by atoms with Gasteiger partial charge in [-0.3, -0.25) is 4.79 Å². The molecule has 1 aromatic carbocycles. The van der Waals surface area contributed by atoms with Gasteiger partial charge in [0.05, 0.1) is 26.8 Å². The molecular weight excluding hydrogens is 222 g/mol. The highest BCUT2D eigenvalue weighted by molar-refractivity contribution is 5.88. The lowest BCUT2D eigenvalue weighted by Gasteiger charge is -2.10. The molecule has 0 aliphatic carbocycles. The second-order valence-corrected chi connectivity index (χ2v) is 3.45. The van der Waals surface area contributed by atoms with Crippen molar-refractivity contribution in [1.82, 2.24) is 4.98 Å². The van der Waals surface area contributed by atoms with Gasteiger partial charge in [-0.25, -0.2) is 0 Å². The van der Waals surface area contributed by atoms with Crippen LogP contribution >= 0.6 is 0 Å². The quantitative estimate of drug-likeness (QED) is 0.876. The lowest BCUT2D eigenvalue weighted by molar-refractivity contribution is 0.355. The van der Waals surface area contributed by atoms with E-state index in [1.807, 2.05) is 0 Å². The smallest absolute Gasteiger partial charge is 0.252 e. The Kier molecular flexibility index (Phi) is 2.91. The summed E-state index contributed by atoms with van der Waals surface area (Å²) in [5.74, 6) is 1.65. The molecule has 17 heavy (non-hydrogen) atoms. The van der Waals surface area contributed by atoms with Crippen LogP contribution in [0.25, 0.3) is 10.9 Å². The standard InChI is InChI=1S/C12H13NO4/c1-15-9-6-12(14)13-8-5-11(17-3)10(16-2)4-7(8)9/h4-6H,1-3H3,(H,13,14). The first-order valence-electron chi connectivity index (χ1n) is 5.02. The number of rotatable bonds is 3. The summed E-state index contributed by atoms with van der Waals surface area (Å²) in [6.07, 6.45) is 0. The largest absolute Gasteiger partial charge is 0.496 e. The van der Waals surface area contributed by atoms with Crippen molar-refractivity contribution in [1.29, 1.82) is 0 Å². The minimum Gasteiger partial charge on any atom is -0.496 e. The predicted octanol–water partition coefficient (Wildman–Crippen LogP) is 1.55.